The van der Waals surface area contributed by atoms with Crippen LogP contribution in [0.2, 0.25) is 0 Å². The zero-order valence-electron chi connectivity index (χ0n) is 13.3. The van der Waals surface area contributed by atoms with Crippen LogP contribution in [0, 0.1) is 4.77 Å². The summed E-state index contributed by atoms with van der Waals surface area (Å²) in [5, 5.41) is 0.287. The van der Waals surface area contributed by atoms with Gasteiger partial charge in [-0.25, -0.2) is 4.79 Å². The molecule has 1 aromatic carbocycles. The van der Waals surface area contributed by atoms with Gasteiger partial charge in [0.15, 0.2) is 4.77 Å². The highest BCUT2D eigenvalue weighted by atomic mass is 32.1. The molecule has 0 unspecified atom stereocenters. The van der Waals surface area contributed by atoms with Gasteiger partial charge in [0.1, 0.15) is 9.53 Å². The molecule has 0 aliphatic carbocycles. The van der Waals surface area contributed by atoms with E-state index in [0.29, 0.717) is 20.7 Å². The molecule has 9 heteroatoms. The first kappa shape index (κ1) is 15.7. The van der Waals surface area contributed by atoms with Crippen molar-refractivity contribution in [3.63, 3.8) is 0 Å². The van der Waals surface area contributed by atoms with Crippen LogP contribution in [0.1, 0.15) is 0 Å². The third-order valence-electron chi connectivity index (χ3n) is 4.15. The Bertz CT molecular complexity index is 1390. The number of nitrogens with one attached hydrogen (secondary N) is 1. The average Bonchev–Trinajstić information content (AvgIpc) is 2.98. The molecule has 25 heavy (non-hydrogen) atoms. The van der Waals surface area contributed by atoms with Gasteiger partial charge < -0.3 is 4.98 Å². The van der Waals surface area contributed by atoms with E-state index in [4.69, 9.17) is 12.2 Å². The fourth-order valence-corrected chi connectivity index (χ4v) is 4.46. The number of nitrogens with zero attached hydrogens (tertiary/aromatic N) is 3. The van der Waals surface area contributed by atoms with Gasteiger partial charge in [-0.3, -0.25) is 23.3 Å². The zero-order chi connectivity index (χ0) is 17.9. The number of rotatable bonds is 1. The minimum absolute atomic E-state index is 0.233. The van der Waals surface area contributed by atoms with Crippen LogP contribution < -0.4 is 16.8 Å². The quantitative estimate of drug-likeness (QED) is 0.515. The third kappa shape index (κ3) is 2.09. The highest BCUT2D eigenvalue weighted by Gasteiger charge is 2.19. The van der Waals surface area contributed by atoms with Crippen LogP contribution in [0.3, 0.4) is 0 Å². The Balaban J connectivity index is 2.31. The topological polar surface area (TPSA) is 81.8 Å². The molecule has 0 fully saturated rings. The van der Waals surface area contributed by atoms with Crippen LogP contribution in [-0.4, -0.2) is 18.7 Å². The fraction of sp³-hybridized carbons (Fsp3) is 0.125. The Hall–Kier alpha value is -2.78. The summed E-state index contributed by atoms with van der Waals surface area (Å²) in [6.07, 6.45) is 0. The van der Waals surface area contributed by atoms with Gasteiger partial charge in [-0.15, -0.1) is 11.3 Å². The molecule has 0 bridgehead atoms. The van der Waals surface area contributed by atoms with Crippen molar-refractivity contribution in [1.29, 1.82) is 0 Å². The maximum absolute atomic E-state index is 13.1. The van der Waals surface area contributed by atoms with Crippen LogP contribution in [0.25, 0.3) is 26.1 Å². The maximum atomic E-state index is 13.1. The lowest BCUT2D eigenvalue weighted by molar-refractivity contribution is 0.716. The number of fused-ring (bicyclic) bond motifs is 3. The Labute approximate surface area is 149 Å². The zero-order valence-corrected chi connectivity index (χ0v) is 14.9. The summed E-state index contributed by atoms with van der Waals surface area (Å²) in [5.41, 5.74) is -0.327. The van der Waals surface area contributed by atoms with Gasteiger partial charge in [-0.1, -0.05) is 18.2 Å². The van der Waals surface area contributed by atoms with Crippen molar-refractivity contribution in [2.24, 2.45) is 14.1 Å². The van der Waals surface area contributed by atoms with E-state index < -0.39 is 11.2 Å². The standard InChI is InChI=1S/C16H12N4O3S2/c1-18-10-9-12(25-11(10)14(22)19(2)16(18)23)17-15(24)20(13(9)21)8-6-4-3-5-7-8/h3-7H,1-2H3,(H,17,24). The number of aromatic nitrogens is 4. The van der Waals surface area contributed by atoms with Gasteiger partial charge in [-0.2, -0.15) is 0 Å². The van der Waals surface area contributed by atoms with Crippen molar-refractivity contribution in [3.8, 4) is 5.69 Å². The fourth-order valence-electron chi connectivity index (χ4n) is 2.90. The van der Waals surface area contributed by atoms with E-state index in [0.717, 1.165) is 15.9 Å². The molecule has 3 heterocycles. The molecule has 0 radical (unpaired) electrons. The minimum Gasteiger partial charge on any atom is -0.323 e. The average molecular weight is 372 g/mol. The number of H-pyrrole nitrogens is 1. The van der Waals surface area contributed by atoms with Gasteiger partial charge in [0.2, 0.25) is 0 Å². The monoisotopic (exact) mass is 372 g/mol. The van der Waals surface area contributed by atoms with Crippen LogP contribution >= 0.6 is 23.6 Å². The van der Waals surface area contributed by atoms with E-state index >= 15 is 0 Å². The molecule has 0 saturated carbocycles. The molecule has 3 aromatic heterocycles. The smallest absolute Gasteiger partial charge is 0.323 e. The first-order chi connectivity index (χ1) is 11.9. The lowest BCUT2D eigenvalue weighted by Crippen LogP contribution is -2.36. The SMILES string of the molecule is Cn1c(=O)c2sc3[nH]c(=S)n(-c4ccccc4)c(=O)c3c2n(C)c1=O. The Morgan fingerprint density at radius 1 is 1.00 bits per heavy atom. The van der Waals surface area contributed by atoms with E-state index in [1.165, 1.54) is 16.2 Å². The van der Waals surface area contributed by atoms with E-state index in [-0.39, 0.29) is 15.7 Å². The second kappa shape index (κ2) is 5.36. The van der Waals surface area contributed by atoms with Crippen LogP contribution in [-0.2, 0) is 14.1 Å². The summed E-state index contributed by atoms with van der Waals surface area (Å²) in [7, 11) is 2.96. The molecule has 7 nitrogen and oxygen atoms in total. The molecule has 4 aromatic rings. The van der Waals surface area contributed by atoms with Crippen molar-refractivity contribution in [3.05, 3.63) is 66.3 Å². The predicted molar refractivity (Wildman–Crippen MR) is 101 cm³/mol. The normalized spacial score (nSPS) is 11.4. The molecule has 0 atom stereocenters. The number of hydrogen-bond acceptors (Lipinski definition) is 5. The Morgan fingerprint density at radius 3 is 2.36 bits per heavy atom. The number of benzene rings is 1. The summed E-state index contributed by atoms with van der Waals surface area (Å²) < 4.78 is 4.29. The molecule has 1 N–H and O–H groups in total. The van der Waals surface area contributed by atoms with Crippen molar-refractivity contribution in [2.45, 2.75) is 0 Å². The minimum atomic E-state index is -0.481. The molecule has 0 aliphatic rings. The van der Waals surface area contributed by atoms with Crippen molar-refractivity contribution in [1.82, 2.24) is 18.7 Å². The van der Waals surface area contributed by atoms with E-state index in [2.05, 4.69) is 4.98 Å². The van der Waals surface area contributed by atoms with E-state index in [1.807, 2.05) is 6.07 Å². The number of aromatic amines is 1. The first-order valence-electron chi connectivity index (χ1n) is 7.35. The number of para-hydroxylation sites is 1. The summed E-state index contributed by atoms with van der Waals surface area (Å²) in [6, 6.07) is 8.98. The number of thiophene rings is 1. The number of aryl methyl sites for hydroxylation is 1. The van der Waals surface area contributed by atoms with Crippen LogP contribution in [0.15, 0.2) is 44.7 Å². The second-order valence-electron chi connectivity index (χ2n) is 5.60. The van der Waals surface area contributed by atoms with Gasteiger partial charge >= 0.3 is 5.69 Å². The third-order valence-corrected chi connectivity index (χ3v) is 5.51. The van der Waals surface area contributed by atoms with Crippen molar-refractivity contribution < 1.29 is 0 Å². The van der Waals surface area contributed by atoms with Gasteiger partial charge in [0, 0.05) is 14.1 Å². The van der Waals surface area contributed by atoms with Crippen molar-refractivity contribution in [2.75, 3.05) is 0 Å². The summed E-state index contributed by atoms with van der Waals surface area (Å²) in [5.74, 6) is 0. The molecular formula is C16H12N4O3S2. The van der Waals surface area contributed by atoms with Gasteiger partial charge in [0.25, 0.3) is 11.1 Å². The molecular weight excluding hydrogens is 360 g/mol. The second-order valence-corrected chi connectivity index (χ2v) is 7.00. The highest BCUT2D eigenvalue weighted by molar-refractivity contribution is 7.71. The maximum Gasteiger partial charge on any atom is 0.331 e. The van der Waals surface area contributed by atoms with E-state index in [1.54, 1.807) is 31.3 Å². The lowest BCUT2D eigenvalue weighted by Gasteiger charge is -2.07. The molecule has 126 valence electrons. The van der Waals surface area contributed by atoms with E-state index in [9.17, 15) is 14.4 Å². The molecule has 0 saturated heterocycles. The summed E-state index contributed by atoms with van der Waals surface area (Å²) in [4.78, 5) is 41.3. The Kier molecular flexibility index (Phi) is 3.37. The molecule has 0 spiro atoms. The van der Waals surface area contributed by atoms with Gasteiger partial charge in [-0.05, 0) is 24.4 Å². The molecule has 0 aliphatic heterocycles. The molecule has 4 rings (SSSR count). The van der Waals surface area contributed by atoms with Gasteiger partial charge in [0.05, 0.1) is 16.6 Å². The number of hydrogen-bond donors (Lipinski definition) is 1. The molecule has 0 amide bonds. The Morgan fingerprint density at radius 2 is 1.68 bits per heavy atom. The largest absolute Gasteiger partial charge is 0.331 e. The van der Waals surface area contributed by atoms with Crippen LogP contribution in [0.4, 0.5) is 0 Å². The lowest BCUT2D eigenvalue weighted by atomic mass is 10.3. The van der Waals surface area contributed by atoms with Crippen molar-refractivity contribution >= 4 is 44.0 Å². The van der Waals surface area contributed by atoms with Crippen LogP contribution in [0.5, 0.6) is 0 Å². The predicted octanol–water partition coefficient (Wildman–Crippen LogP) is 1.66. The first-order valence-corrected chi connectivity index (χ1v) is 8.57. The summed E-state index contributed by atoms with van der Waals surface area (Å²) in [6.45, 7) is 0. The summed E-state index contributed by atoms with van der Waals surface area (Å²) >= 11 is 6.46. The highest BCUT2D eigenvalue weighted by Crippen LogP contribution is 2.27.